The van der Waals surface area contributed by atoms with Gasteiger partial charge in [-0.1, -0.05) is 36.2 Å². The summed E-state index contributed by atoms with van der Waals surface area (Å²) in [6, 6.07) is 12.8. The summed E-state index contributed by atoms with van der Waals surface area (Å²) in [4.78, 5) is 24.2. The number of urea groups is 1. The van der Waals surface area contributed by atoms with Crippen molar-refractivity contribution in [1.82, 2.24) is 20.5 Å². The van der Waals surface area contributed by atoms with Crippen molar-refractivity contribution in [2.24, 2.45) is 0 Å². The zero-order chi connectivity index (χ0) is 22.3. The minimum atomic E-state index is -3.96. The number of nitrogens with zero attached hydrogens (tertiary/aromatic N) is 1. The van der Waals surface area contributed by atoms with Crippen molar-refractivity contribution in [3.63, 3.8) is 0 Å². The van der Waals surface area contributed by atoms with Gasteiger partial charge in [-0.05, 0) is 56.0 Å². The molecule has 8 nitrogen and oxygen atoms in total. The molecule has 31 heavy (non-hydrogen) atoms. The highest BCUT2D eigenvalue weighted by atomic mass is 32.2. The maximum atomic E-state index is 12.4. The molecule has 0 aromatic heterocycles. The fourth-order valence-electron chi connectivity index (χ4n) is 3.40. The maximum absolute atomic E-state index is 12.4. The molecular formula is C22H28N4O4S. The topological polar surface area (TPSA) is 108 Å². The summed E-state index contributed by atoms with van der Waals surface area (Å²) < 4.78 is 26.9. The fraction of sp³-hybridized carbons (Fsp3) is 0.364. The second kappa shape index (κ2) is 10.4. The number of nitrogens with one attached hydrogen (secondary N) is 3. The van der Waals surface area contributed by atoms with Crippen molar-refractivity contribution in [3.8, 4) is 0 Å². The molecule has 0 saturated carbocycles. The maximum Gasteiger partial charge on any atom is 0.343 e. The third-order valence-electron chi connectivity index (χ3n) is 5.06. The molecule has 9 heteroatoms. The van der Waals surface area contributed by atoms with Crippen LogP contribution in [-0.2, 0) is 16.4 Å². The Labute approximate surface area is 183 Å². The first-order valence-corrected chi connectivity index (χ1v) is 11.8. The van der Waals surface area contributed by atoms with Crippen LogP contribution in [0.5, 0.6) is 0 Å². The first-order chi connectivity index (χ1) is 14.8. The van der Waals surface area contributed by atoms with Gasteiger partial charge in [-0.25, -0.2) is 22.9 Å². The van der Waals surface area contributed by atoms with Crippen LogP contribution in [0.1, 0.15) is 40.7 Å². The molecule has 1 aliphatic heterocycles. The van der Waals surface area contributed by atoms with Crippen molar-refractivity contribution < 1.29 is 18.0 Å². The van der Waals surface area contributed by atoms with E-state index in [0.29, 0.717) is 31.6 Å². The number of benzene rings is 2. The highest BCUT2D eigenvalue weighted by molar-refractivity contribution is 7.90. The van der Waals surface area contributed by atoms with E-state index < -0.39 is 16.1 Å². The normalized spacial score (nSPS) is 14.6. The molecule has 0 aliphatic carbocycles. The van der Waals surface area contributed by atoms with Crippen molar-refractivity contribution >= 4 is 22.0 Å². The number of amides is 3. The van der Waals surface area contributed by atoms with Crippen molar-refractivity contribution in [1.29, 1.82) is 0 Å². The van der Waals surface area contributed by atoms with Crippen LogP contribution in [0.15, 0.2) is 53.4 Å². The zero-order valence-electron chi connectivity index (χ0n) is 17.6. The molecule has 1 heterocycles. The Morgan fingerprint density at radius 2 is 1.71 bits per heavy atom. The Balaban J connectivity index is 1.49. The van der Waals surface area contributed by atoms with Gasteiger partial charge in [-0.3, -0.25) is 10.2 Å². The number of piperidine rings is 1. The Hall–Kier alpha value is -2.91. The second-order valence-electron chi connectivity index (χ2n) is 7.61. The fourth-order valence-corrected chi connectivity index (χ4v) is 4.30. The first-order valence-electron chi connectivity index (χ1n) is 10.4. The molecule has 166 valence electrons. The number of carbonyl (C=O) groups is 2. The number of hydrogen-bond donors (Lipinski definition) is 3. The van der Waals surface area contributed by atoms with Crippen LogP contribution < -0.4 is 15.5 Å². The third kappa shape index (κ3) is 6.80. The molecular weight excluding hydrogens is 416 g/mol. The van der Waals surface area contributed by atoms with Gasteiger partial charge in [0.1, 0.15) is 0 Å². The minimum Gasteiger partial charge on any atom is -0.352 e. The van der Waals surface area contributed by atoms with E-state index >= 15 is 0 Å². The van der Waals surface area contributed by atoms with Crippen LogP contribution in [0.25, 0.3) is 0 Å². The van der Waals surface area contributed by atoms with E-state index in [2.05, 4.69) is 10.7 Å². The lowest BCUT2D eigenvalue weighted by molar-refractivity contribution is 0.0954. The Kier molecular flexibility index (Phi) is 7.64. The largest absolute Gasteiger partial charge is 0.352 e. The van der Waals surface area contributed by atoms with E-state index in [1.54, 1.807) is 23.2 Å². The average Bonchev–Trinajstić information content (AvgIpc) is 2.74. The number of aryl methyl sites for hydroxylation is 1. The lowest BCUT2D eigenvalue weighted by Crippen LogP contribution is -2.50. The van der Waals surface area contributed by atoms with E-state index in [1.165, 1.54) is 12.1 Å². The van der Waals surface area contributed by atoms with Gasteiger partial charge in [0.05, 0.1) is 4.90 Å². The van der Waals surface area contributed by atoms with Crippen LogP contribution in [-0.4, -0.2) is 45.0 Å². The molecule has 1 saturated heterocycles. The van der Waals surface area contributed by atoms with Crippen LogP contribution >= 0.6 is 0 Å². The molecule has 1 fully saturated rings. The molecule has 0 unspecified atom stereocenters. The van der Waals surface area contributed by atoms with Gasteiger partial charge in [0.25, 0.3) is 15.9 Å². The number of hydrogen-bond acceptors (Lipinski definition) is 5. The van der Waals surface area contributed by atoms with E-state index in [-0.39, 0.29) is 10.8 Å². The highest BCUT2D eigenvalue weighted by Crippen LogP contribution is 2.12. The molecule has 2 aromatic carbocycles. The molecule has 0 radical (unpaired) electrons. The second-order valence-corrected chi connectivity index (χ2v) is 9.30. The first kappa shape index (κ1) is 22.8. The van der Waals surface area contributed by atoms with E-state index in [0.717, 1.165) is 30.4 Å². The summed E-state index contributed by atoms with van der Waals surface area (Å²) in [5.41, 5.74) is 5.07. The predicted molar refractivity (Wildman–Crippen MR) is 118 cm³/mol. The number of hydrazine groups is 1. The van der Waals surface area contributed by atoms with Crippen molar-refractivity contribution in [2.45, 2.75) is 37.5 Å². The van der Waals surface area contributed by atoms with E-state index in [4.69, 9.17) is 0 Å². The average molecular weight is 445 g/mol. The van der Waals surface area contributed by atoms with Gasteiger partial charge in [0.15, 0.2) is 0 Å². The molecule has 0 spiro atoms. The summed E-state index contributed by atoms with van der Waals surface area (Å²) >= 11 is 0. The number of carbonyl (C=O) groups excluding carboxylic acids is 2. The van der Waals surface area contributed by atoms with Gasteiger partial charge in [0.2, 0.25) is 0 Å². The summed E-state index contributed by atoms with van der Waals surface area (Å²) in [7, 11) is -3.96. The van der Waals surface area contributed by atoms with Gasteiger partial charge < -0.3 is 5.32 Å². The quantitative estimate of drug-likeness (QED) is 0.608. The monoisotopic (exact) mass is 444 g/mol. The van der Waals surface area contributed by atoms with E-state index in [9.17, 15) is 18.0 Å². The summed E-state index contributed by atoms with van der Waals surface area (Å²) in [5, 5.41) is 4.58. The Morgan fingerprint density at radius 3 is 2.39 bits per heavy atom. The lowest BCUT2D eigenvalue weighted by Gasteiger charge is -2.26. The SMILES string of the molecule is Cc1cccc(C(=O)NCCc2ccc(S(=O)(=O)NC(=O)NN3CCCCC3)cc2)c1. The molecule has 0 bridgehead atoms. The highest BCUT2D eigenvalue weighted by Gasteiger charge is 2.20. The van der Waals surface area contributed by atoms with Gasteiger partial charge in [0, 0.05) is 25.2 Å². The van der Waals surface area contributed by atoms with Crippen LogP contribution in [0, 0.1) is 6.92 Å². The summed E-state index contributed by atoms with van der Waals surface area (Å²) in [6.07, 6.45) is 3.61. The van der Waals surface area contributed by atoms with Crippen LogP contribution in [0.3, 0.4) is 0 Å². The van der Waals surface area contributed by atoms with Gasteiger partial charge in [-0.15, -0.1) is 0 Å². The van der Waals surface area contributed by atoms with Crippen LogP contribution in [0.4, 0.5) is 4.79 Å². The number of sulfonamides is 1. The standard InChI is InChI=1S/C22H28N4O4S/c1-17-6-5-7-19(16-17)21(27)23-13-12-18-8-10-20(11-9-18)31(29,30)25-22(28)24-26-14-3-2-4-15-26/h5-11,16H,2-4,12-15H2,1H3,(H,23,27)(H2,24,25,28). The van der Waals surface area contributed by atoms with Gasteiger partial charge >= 0.3 is 6.03 Å². The Bertz CT molecular complexity index is 1020. The third-order valence-corrected chi connectivity index (χ3v) is 6.40. The minimum absolute atomic E-state index is 0.00819. The molecule has 0 atom stereocenters. The molecule has 3 amide bonds. The smallest absolute Gasteiger partial charge is 0.343 e. The Morgan fingerprint density at radius 1 is 1.00 bits per heavy atom. The van der Waals surface area contributed by atoms with Crippen molar-refractivity contribution in [3.05, 3.63) is 65.2 Å². The predicted octanol–water partition coefficient (Wildman–Crippen LogP) is 2.36. The summed E-state index contributed by atoms with van der Waals surface area (Å²) in [5.74, 6) is -0.146. The molecule has 1 aliphatic rings. The van der Waals surface area contributed by atoms with Crippen LogP contribution in [0.2, 0.25) is 0 Å². The lowest BCUT2D eigenvalue weighted by atomic mass is 10.1. The number of rotatable bonds is 7. The van der Waals surface area contributed by atoms with Gasteiger partial charge in [-0.2, -0.15) is 0 Å². The zero-order valence-corrected chi connectivity index (χ0v) is 18.4. The van der Waals surface area contributed by atoms with Crippen molar-refractivity contribution in [2.75, 3.05) is 19.6 Å². The summed E-state index contributed by atoms with van der Waals surface area (Å²) in [6.45, 7) is 3.78. The van der Waals surface area contributed by atoms with E-state index in [1.807, 2.05) is 29.8 Å². The molecule has 2 aromatic rings. The molecule has 3 N–H and O–H groups in total. The molecule has 3 rings (SSSR count).